The van der Waals surface area contributed by atoms with Gasteiger partial charge in [0.05, 0.1) is 12.0 Å². The summed E-state index contributed by atoms with van der Waals surface area (Å²) in [4.78, 5) is 10.8. The van der Waals surface area contributed by atoms with E-state index in [-0.39, 0.29) is 23.8 Å². The summed E-state index contributed by atoms with van der Waals surface area (Å²) in [5, 5.41) is 8.89. The molecule has 1 aromatic carbocycles. The summed E-state index contributed by atoms with van der Waals surface area (Å²) >= 11 is 0. The molecule has 1 saturated carbocycles. The van der Waals surface area contributed by atoms with E-state index in [2.05, 4.69) is 0 Å². The number of hydrogen-bond acceptors (Lipinski definition) is 1. The maximum Gasteiger partial charge on any atom is 0.303 e. The third-order valence-electron chi connectivity index (χ3n) is 3.59. The third-order valence-corrected chi connectivity index (χ3v) is 3.59. The van der Waals surface area contributed by atoms with E-state index in [0.29, 0.717) is 5.56 Å². The molecule has 1 aliphatic carbocycles. The van der Waals surface area contributed by atoms with Crippen LogP contribution >= 0.6 is 0 Å². The van der Waals surface area contributed by atoms with Crippen molar-refractivity contribution >= 4 is 5.97 Å². The molecule has 0 radical (unpaired) electrons. The fourth-order valence-corrected chi connectivity index (χ4v) is 2.52. The quantitative estimate of drug-likeness (QED) is 0.878. The lowest BCUT2D eigenvalue weighted by atomic mass is 9.89. The van der Waals surface area contributed by atoms with Gasteiger partial charge >= 0.3 is 5.97 Å². The van der Waals surface area contributed by atoms with Gasteiger partial charge in [0.15, 0.2) is 0 Å². The Kier molecular flexibility index (Phi) is 3.83. The van der Waals surface area contributed by atoms with Crippen molar-refractivity contribution in [1.82, 2.24) is 0 Å². The normalized spacial score (nSPS) is 16.7. The smallest absolute Gasteiger partial charge is 0.303 e. The van der Waals surface area contributed by atoms with Gasteiger partial charge in [0.2, 0.25) is 0 Å². The molecule has 1 aromatic rings. The Morgan fingerprint density at radius 2 is 2.05 bits per heavy atom. The molecular formula is C14H15F3O2. The first-order valence-electron chi connectivity index (χ1n) is 6.20. The van der Waals surface area contributed by atoms with Gasteiger partial charge in [0, 0.05) is 0 Å². The number of carbonyl (C=O) groups is 1. The number of benzene rings is 1. The molecule has 0 saturated heterocycles. The second kappa shape index (κ2) is 5.23. The second-order valence-corrected chi connectivity index (χ2v) is 5.08. The molecule has 2 rings (SSSR count). The Morgan fingerprint density at radius 3 is 2.47 bits per heavy atom. The zero-order valence-electron chi connectivity index (χ0n) is 10.5. The fourth-order valence-electron chi connectivity index (χ4n) is 2.52. The molecule has 1 fully saturated rings. The predicted octanol–water partition coefficient (Wildman–Crippen LogP) is 4.04. The van der Waals surface area contributed by atoms with E-state index in [4.69, 9.17) is 5.11 Å². The lowest BCUT2D eigenvalue weighted by molar-refractivity contribution is -0.137. The maximum atomic E-state index is 13.7. The zero-order valence-corrected chi connectivity index (χ0v) is 10.5. The van der Waals surface area contributed by atoms with Crippen LogP contribution in [0.25, 0.3) is 0 Å². The molecule has 5 heteroatoms. The molecule has 1 atom stereocenters. The van der Waals surface area contributed by atoms with E-state index in [0.717, 1.165) is 18.9 Å². The lowest BCUT2D eigenvalue weighted by Crippen LogP contribution is -2.10. The largest absolute Gasteiger partial charge is 0.481 e. The number of aryl methyl sites for hydroxylation is 1. The van der Waals surface area contributed by atoms with Crippen molar-refractivity contribution in [2.75, 3.05) is 0 Å². The van der Waals surface area contributed by atoms with Crippen LogP contribution in [0.1, 0.15) is 48.3 Å². The minimum absolute atomic E-state index is 0.0857. The van der Waals surface area contributed by atoms with E-state index in [1.807, 2.05) is 0 Å². The summed E-state index contributed by atoms with van der Waals surface area (Å²) in [5.74, 6) is -1.95. The van der Waals surface area contributed by atoms with Gasteiger partial charge in [-0.25, -0.2) is 13.2 Å². The highest BCUT2D eigenvalue weighted by Gasteiger charge is 2.34. The molecule has 104 valence electrons. The standard InChI is InChI=1S/C14H15F3O2/c1-7-4-9(5-11(15)13(7)14(16)17)10(6-12(18)19)8-2-3-8/h4-5,8,10,14H,2-3,6H2,1H3,(H,18,19). The molecule has 0 spiro atoms. The van der Waals surface area contributed by atoms with Crippen molar-refractivity contribution in [1.29, 1.82) is 0 Å². The monoisotopic (exact) mass is 272 g/mol. The molecule has 0 aliphatic heterocycles. The highest BCUT2D eigenvalue weighted by Crippen LogP contribution is 2.45. The van der Waals surface area contributed by atoms with Crippen molar-refractivity contribution in [2.45, 2.75) is 38.5 Å². The van der Waals surface area contributed by atoms with Crippen LogP contribution in [0.15, 0.2) is 12.1 Å². The maximum absolute atomic E-state index is 13.7. The number of carboxylic acid groups (broad SMARTS) is 1. The summed E-state index contributed by atoms with van der Waals surface area (Å²) in [7, 11) is 0. The van der Waals surface area contributed by atoms with Gasteiger partial charge < -0.3 is 5.11 Å². The van der Waals surface area contributed by atoms with Crippen molar-refractivity contribution in [2.24, 2.45) is 5.92 Å². The van der Waals surface area contributed by atoms with Crippen LogP contribution in [-0.4, -0.2) is 11.1 Å². The molecule has 1 unspecified atom stereocenters. The average Bonchev–Trinajstić information content (AvgIpc) is 3.07. The Morgan fingerprint density at radius 1 is 1.42 bits per heavy atom. The van der Waals surface area contributed by atoms with Crippen LogP contribution < -0.4 is 0 Å². The van der Waals surface area contributed by atoms with Crippen LogP contribution in [-0.2, 0) is 4.79 Å². The van der Waals surface area contributed by atoms with Crippen LogP contribution in [0.3, 0.4) is 0 Å². The van der Waals surface area contributed by atoms with E-state index < -0.39 is 23.8 Å². The first-order chi connectivity index (χ1) is 8.90. The number of carboxylic acids is 1. The first-order valence-corrected chi connectivity index (χ1v) is 6.20. The second-order valence-electron chi connectivity index (χ2n) is 5.08. The molecule has 1 aliphatic rings. The van der Waals surface area contributed by atoms with E-state index in [1.54, 1.807) is 0 Å². The minimum atomic E-state index is -2.85. The van der Waals surface area contributed by atoms with Gasteiger partial charge in [-0.2, -0.15) is 0 Å². The zero-order chi connectivity index (χ0) is 14.2. The van der Waals surface area contributed by atoms with E-state index in [1.165, 1.54) is 13.0 Å². The van der Waals surface area contributed by atoms with Crippen LogP contribution in [0.5, 0.6) is 0 Å². The molecule has 0 bridgehead atoms. The Labute approximate surface area is 109 Å². The average molecular weight is 272 g/mol. The molecule has 0 amide bonds. The molecule has 1 N–H and O–H groups in total. The summed E-state index contributed by atoms with van der Waals surface area (Å²) in [6, 6.07) is 2.57. The van der Waals surface area contributed by atoms with Crippen molar-refractivity contribution in [3.8, 4) is 0 Å². The number of halogens is 3. The molecule has 0 aromatic heterocycles. The Balaban J connectivity index is 2.35. The summed E-state index contributed by atoms with van der Waals surface area (Å²) in [5.41, 5.74) is 0.110. The summed E-state index contributed by atoms with van der Waals surface area (Å²) in [6.07, 6.45) is -1.12. The third kappa shape index (κ3) is 3.08. The van der Waals surface area contributed by atoms with Gasteiger partial charge in [0.1, 0.15) is 5.82 Å². The van der Waals surface area contributed by atoms with Crippen molar-refractivity contribution in [3.63, 3.8) is 0 Å². The van der Waals surface area contributed by atoms with E-state index in [9.17, 15) is 18.0 Å². The van der Waals surface area contributed by atoms with Crippen LogP contribution in [0.2, 0.25) is 0 Å². The first kappa shape index (κ1) is 13.9. The summed E-state index contributed by atoms with van der Waals surface area (Å²) < 4.78 is 39.1. The molecule has 2 nitrogen and oxygen atoms in total. The Hall–Kier alpha value is -1.52. The SMILES string of the molecule is Cc1cc(C(CC(=O)O)C2CC2)cc(F)c1C(F)F. The summed E-state index contributed by atoms with van der Waals surface area (Å²) in [6.45, 7) is 1.43. The Bertz CT molecular complexity index is 472. The van der Waals surface area contributed by atoms with Crippen LogP contribution in [0, 0.1) is 18.7 Å². The molecule has 0 heterocycles. The molecular weight excluding hydrogens is 257 g/mol. The molecule has 19 heavy (non-hydrogen) atoms. The van der Waals surface area contributed by atoms with Crippen molar-refractivity contribution < 1.29 is 23.1 Å². The minimum Gasteiger partial charge on any atom is -0.481 e. The topological polar surface area (TPSA) is 37.3 Å². The fraction of sp³-hybridized carbons (Fsp3) is 0.500. The van der Waals surface area contributed by atoms with Gasteiger partial charge in [0.25, 0.3) is 6.43 Å². The van der Waals surface area contributed by atoms with Gasteiger partial charge in [-0.05, 0) is 48.8 Å². The number of alkyl halides is 2. The number of rotatable bonds is 5. The van der Waals surface area contributed by atoms with Gasteiger partial charge in [-0.1, -0.05) is 6.07 Å². The highest BCUT2D eigenvalue weighted by atomic mass is 19.3. The van der Waals surface area contributed by atoms with Gasteiger partial charge in [-0.3, -0.25) is 4.79 Å². The number of hydrogen-bond donors (Lipinski definition) is 1. The van der Waals surface area contributed by atoms with E-state index >= 15 is 0 Å². The number of aliphatic carboxylic acids is 1. The van der Waals surface area contributed by atoms with Crippen molar-refractivity contribution in [3.05, 3.63) is 34.6 Å². The van der Waals surface area contributed by atoms with Gasteiger partial charge in [-0.15, -0.1) is 0 Å². The lowest BCUT2D eigenvalue weighted by Gasteiger charge is -2.17. The predicted molar refractivity (Wildman–Crippen MR) is 63.8 cm³/mol. The van der Waals surface area contributed by atoms with Crippen LogP contribution in [0.4, 0.5) is 13.2 Å². The highest BCUT2D eigenvalue weighted by molar-refractivity contribution is 5.68.